The monoisotopic (exact) mass is 413 g/mol. The predicted octanol–water partition coefficient (Wildman–Crippen LogP) is 3.93. The van der Waals surface area contributed by atoms with Crippen molar-refractivity contribution in [1.29, 1.82) is 0 Å². The minimum Gasteiger partial charge on any atom is -0.336 e. The molecule has 0 spiro atoms. The van der Waals surface area contributed by atoms with Gasteiger partial charge < -0.3 is 4.57 Å². The van der Waals surface area contributed by atoms with Gasteiger partial charge in [0.25, 0.3) is 0 Å². The van der Waals surface area contributed by atoms with Gasteiger partial charge in [-0.2, -0.15) is 4.72 Å². The summed E-state index contributed by atoms with van der Waals surface area (Å²) < 4.78 is 43.6. The van der Waals surface area contributed by atoms with Crippen LogP contribution in [0.5, 0.6) is 0 Å². The van der Waals surface area contributed by atoms with Crippen LogP contribution < -0.4 is 4.72 Å². The molecule has 0 saturated heterocycles. The van der Waals surface area contributed by atoms with Gasteiger partial charge >= 0.3 is 0 Å². The molecule has 0 fully saturated rings. The van der Waals surface area contributed by atoms with Crippen LogP contribution in [0.4, 0.5) is 4.39 Å². The third kappa shape index (κ3) is 4.07. The first-order chi connectivity index (χ1) is 12.3. The molecule has 5 nitrogen and oxygen atoms in total. The second-order valence-corrected chi connectivity index (χ2v) is 8.20. The van der Waals surface area contributed by atoms with Crippen molar-refractivity contribution < 1.29 is 12.8 Å². The summed E-state index contributed by atoms with van der Waals surface area (Å²) in [6, 6.07) is 8.78. The molecule has 0 aliphatic carbocycles. The molecule has 1 heterocycles. The Morgan fingerprint density at radius 3 is 2.42 bits per heavy atom. The van der Waals surface area contributed by atoms with Gasteiger partial charge in [0.2, 0.25) is 10.0 Å². The lowest BCUT2D eigenvalue weighted by atomic mass is 10.1. The number of halogens is 3. The molecule has 0 radical (unpaired) electrons. The van der Waals surface area contributed by atoms with Gasteiger partial charge in [0.05, 0.1) is 4.90 Å². The number of imidazole rings is 1. The fourth-order valence-electron chi connectivity index (χ4n) is 2.52. The molecule has 0 aliphatic rings. The van der Waals surface area contributed by atoms with Gasteiger partial charge in [0.15, 0.2) is 0 Å². The van der Waals surface area contributed by atoms with Crippen LogP contribution in [-0.4, -0.2) is 18.0 Å². The lowest BCUT2D eigenvalue weighted by Gasteiger charge is -2.19. The maximum absolute atomic E-state index is 13.7. The minimum absolute atomic E-state index is 0.0920. The summed E-state index contributed by atoms with van der Waals surface area (Å²) >= 11 is 11.8. The number of sulfonamides is 1. The molecule has 3 rings (SSSR count). The van der Waals surface area contributed by atoms with E-state index >= 15 is 0 Å². The fraction of sp³-hybridized carbons (Fsp3) is 0.118. The van der Waals surface area contributed by atoms with E-state index in [0.717, 1.165) is 0 Å². The van der Waals surface area contributed by atoms with E-state index < -0.39 is 21.9 Å². The van der Waals surface area contributed by atoms with Crippen molar-refractivity contribution in [3.63, 3.8) is 0 Å². The molecule has 0 saturated carbocycles. The molecule has 1 aromatic heterocycles. The highest BCUT2D eigenvalue weighted by atomic mass is 35.5. The van der Waals surface area contributed by atoms with Gasteiger partial charge in [-0.3, -0.25) is 0 Å². The smallest absolute Gasteiger partial charge is 0.241 e. The SMILES string of the molecule is Cn1ccnc1C(NS(=O)(=O)c1cc(Cl)cc(Cl)c1)c1cccc(F)c1. The molecule has 0 aliphatic heterocycles. The molecule has 9 heteroatoms. The largest absolute Gasteiger partial charge is 0.336 e. The van der Waals surface area contributed by atoms with E-state index in [2.05, 4.69) is 9.71 Å². The number of benzene rings is 2. The molecule has 136 valence electrons. The van der Waals surface area contributed by atoms with E-state index in [4.69, 9.17) is 23.2 Å². The van der Waals surface area contributed by atoms with Crippen LogP contribution in [0, 0.1) is 5.82 Å². The molecular weight excluding hydrogens is 400 g/mol. The molecule has 3 aromatic rings. The first-order valence-corrected chi connectivity index (χ1v) is 9.71. The number of nitrogens with one attached hydrogen (secondary N) is 1. The Morgan fingerprint density at radius 2 is 1.85 bits per heavy atom. The minimum atomic E-state index is -4.00. The van der Waals surface area contributed by atoms with E-state index in [1.165, 1.54) is 42.6 Å². The van der Waals surface area contributed by atoms with Crippen LogP contribution >= 0.6 is 23.2 Å². The van der Waals surface area contributed by atoms with Crippen LogP contribution in [0.2, 0.25) is 10.0 Å². The van der Waals surface area contributed by atoms with Crippen molar-refractivity contribution in [2.24, 2.45) is 7.05 Å². The number of rotatable bonds is 5. The summed E-state index contributed by atoms with van der Waals surface area (Å²) in [5, 5.41) is 0.384. The highest BCUT2D eigenvalue weighted by Crippen LogP contribution is 2.26. The summed E-state index contributed by atoms with van der Waals surface area (Å²) in [7, 11) is -2.28. The average molecular weight is 414 g/mol. The number of hydrogen-bond donors (Lipinski definition) is 1. The lowest BCUT2D eigenvalue weighted by molar-refractivity contribution is 0.560. The van der Waals surface area contributed by atoms with Crippen LogP contribution in [0.1, 0.15) is 17.4 Å². The third-order valence-electron chi connectivity index (χ3n) is 3.72. The maximum Gasteiger partial charge on any atom is 0.241 e. The number of hydrogen-bond acceptors (Lipinski definition) is 3. The normalized spacial score (nSPS) is 12.9. The molecule has 1 unspecified atom stereocenters. The van der Waals surface area contributed by atoms with E-state index in [0.29, 0.717) is 11.4 Å². The van der Waals surface area contributed by atoms with E-state index in [-0.39, 0.29) is 14.9 Å². The molecule has 26 heavy (non-hydrogen) atoms. The van der Waals surface area contributed by atoms with Crippen molar-refractivity contribution in [1.82, 2.24) is 14.3 Å². The Labute approximate surface area is 160 Å². The zero-order valence-corrected chi connectivity index (χ0v) is 15.9. The fourth-order valence-corrected chi connectivity index (χ4v) is 4.43. The summed E-state index contributed by atoms with van der Waals surface area (Å²) in [5.41, 5.74) is 0.413. The summed E-state index contributed by atoms with van der Waals surface area (Å²) in [4.78, 5) is 4.10. The van der Waals surface area contributed by atoms with Crippen molar-refractivity contribution in [2.75, 3.05) is 0 Å². The van der Waals surface area contributed by atoms with Crippen LogP contribution in [-0.2, 0) is 17.1 Å². The van der Waals surface area contributed by atoms with Crippen LogP contribution in [0.25, 0.3) is 0 Å². The van der Waals surface area contributed by atoms with Crippen LogP contribution in [0.3, 0.4) is 0 Å². The van der Waals surface area contributed by atoms with Crippen molar-refractivity contribution >= 4 is 33.2 Å². The average Bonchev–Trinajstić information content (AvgIpc) is 2.97. The van der Waals surface area contributed by atoms with Gasteiger partial charge in [0.1, 0.15) is 17.7 Å². The Balaban J connectivity index is 2.07. The third-order valence-corrected chi connectivity index (χ3v) is 5.56. The highest BCUT2D eigenvalue weighted by molar-refractivity contribution is 7.89. The molecule has 1 atom stereocenters. The molecule has 0 bridgehead atoms. The van der Waals surface area contributed by atoms with E-state index in [1.54, 1.807) is 23.9 Å². The Hall–Kier alpha value is -1.93. The lowest BCUT2D eigenvalue weighted by Crippen LogP contribution is -2.31. The molecule has 1 N–H and O–H groups in total. The molecule has 2 aromatic carbocycles. The summed E-state index contributed by atoms with van der Waals surface area (Å²) in [6.07, 6.45) is 3.21. The number of aromatic nitrogens is 2. The Kier molecular flexibility index (Phi) is 5.34. The van der Waals surface area contributed by atoms with Gasteiger partial charge in [-0.1, -0.05) is 35.3 Å². The first-order valence-electron chi connectivity index (χ1n) is 7.47. The zero-order chi connectivity index (χ0) is 18.9. The second kappa shape index (κ2) is 7.36. The summed E-state index contributed by atoms with van der Waals surface area (Å²) in [5.74, 6) is -0.0704. The van der Waals surface area contributed by atoms with E-state index in [1.807, 2.05) is 0 Å². The molecule has 0 amide bonds. The number of nitrogens with zero attached hydrogens (tertiary/aromatic N) is 2. The Bertz CT molecular complexity index is 1030. The highest BCUT2D eigenvalue weighted by Gasteiger charge is 2.26. The zero-order valence-electron chi connectivity index (χ0n) is 13.5. The number of aryl methyl sites for hydroxylation is 1. The van der Waals surface area contributed by atoms with Crippen molar-refractivity contribution in [2.45, 2.75) is 10.9 Å². The van der Waals surface area contributed by atoms with Gasteiger partial charge in [-0.15, -0.1) is 0 Å². The Morgan fingerprint density at radius 1 is 1.15 bits per heavy atom. The quantitative estimate of drug-likeness (QED) is 0.688. The first kappa shape index (κ1) is 18.8. The van der Waals surface area contributed by atoms with Gasteiger partial charge in [0, 0.05) is 29.5 Å². The van der Waals surface area contributed by atoms with Crippen LogP contribution in [0.15, 0.2) is 59.8 Å². The standard InChI is InChI=1S/C17H14Cl2FN3O2S/c1-23-6-5-21-17(23)16(11-3-2-4-14(20)7-11)22-26(24,25)15-9-12(18)8-13(19)10-15/h2-10,16,22H,1H3. The van der Waals surface area contributed by atoms with Gasteiger partial charge in [-0.25, -0.2) is 17.8 Å². The predicted molar refractivity (Wildman–Crippen MR) is 98.2 cm³/mol. The van der Waals surface area contributed by atoms with Crippen molar-refractivity contribution in [3.8, 4) is 0 Å². The molecular formula is C17H14Cl2FN3O2S. The second-order valence-electron chi connectivity index (χ2n) is 5.61. The van der Waals surface area contributed by atoms with E-state index in [9.17, 15) is 12.8 Å². The topological polar surface area (TPSA) is 64.0 Å². The van der Waals surface area contributed by atoms with Crippen molar-refractivity contribution in [3.05, 3.63) is 82.1 Å². The summed E-state index contributed by atoms with van der Waals surface area (Å²) in [6.45, 7) is 0. The maximum atomic E-state index is 13.7. The van der Waals surface area contributed by atoms with Gasteiger partial charge in [-0.05, 0) is 35.9 Å².